The molecule has 3 rings (SSSR count). The molecule has 0 bridgehead atoms. The van der Waals surface area contributed by atoms with Crippen LogP contribution >= 0.6 is 0 Å². The van der Waals surface area contributed by atoms with Crippen LogP contribution in [-0.4, -0.2) is 26.5 Å². The smallest absolute Gasteiger partial charge is 0.241 e. The summed E-state index contributed by atoms with van der Waals surface area (Å²) in [6, 6.07) is 3.75. The number of rotatable bonds is 3. The van der Waals surface area contributed by atoms with Gasteiger partial charge in [-0.2, -0.15) is 0 Å². The first-order valence-corrected chi connectivity index (χ1v) is 8.92. The van der Waals surface area contributed by atoms with Gasteiger partial charge in [0.1, 0.15) is 5.82 Å². The molecule has 1 aromatic carbocycles. The van der Waals surface area contributed by atoms with Gasteiger partial charge >= 0.3 is 0 Å². The van der Waals surface area contributed by atoms with Gasteiger partial charge in [0.25, 0.3) is 0 Å². The molecule has 1 spiro atoms. The minimum absolute atomic E-state index is 0.0407. The van der Waals surface area contributed by atoms with Crippen molar-refractivity contribution in [2.45, 2.75) is 55.5 Å². The molecule has 0 amide bonds. The van der Waals surface area contributed by atoms with E-state index in [1.54, 1.807) is 6.92 Å². The normalized spacial score (nSPS) is 24.8. The molecule has 1 saturated carbocycles. The van der Waals surface area contributed by atoms with Crippen LogP contribution in [0.2, 0.25) is 0 Å². The van der Waals surface area contributed by atoms with Crippen molar-refractivity contribution in [3.63, 3.8) is 0 Å². The van der Waals surface area contributed by atoms with Crippen molar-refractivity contribution in [2.75, 3.05) is 6.54 Å². The van der Waals surface area contributed by atoms with Gasteiger partial charge in [-0.15, -0.1) is 0 Å². The molecule has 1 atom stereocenters. The van der Waals surface area contributed by atoms with Gasteiger partial charge in [0.15, 0.2) is 0 Å². The van der Waals surface area contributed by atoms with Gasteiger partial charge in [0.05, 0.1) is 4.90 Å². The van der Waals surface area contributed by atoms with E-state index in [1.165, 1.54) is 24.6 Å². The number of halogens is 1. The fourth-order valence-electron chi connectivity index (χ4n) is 3.44. The van der Waals surface area contributed by atoms with Crippen LogP contribution in [0, 0.1) is 12.7 Å². The molecule has 2 fully saturated rings. The molecule has 1 saturated heterocycles. The van der Waals surface area contributed by atoms with Gasteiger partial charge in [-0.05, 0) is 69.3 Å². The molecule has 2 aliphatic rings. The van der Waals surface area contributed by atoms with E-state index in [4.69, 9.17) is 0 Å². The molecule has 116 valence electrons. The second-order valence-corrected chi connectivity index (χ2v) is 7.96. The average molecular weight is 312 g/mol. The summed E-state index contributed by atoms with van der Waals surface area (Å²) in [4.78, 5) is 0.171. The third-order valence-corrected chi connectivity index (χ3v) is 6.37. The van der Waals surface area contributed by atoms with E-state index >= 15 is 0 Å². The molecule has 1 aliphatic heterocycles. The third kappa shape index (κ3) is 2.98. The maximum Gasteiger partial charge on any atom is 0.241 e. The van der Waals surface area contributed by atoms with Gasteiger partial charge in [-0.1, -0.05) is 0 Å². The summed E-state index contributed by atoms with van der Waals surface area (Å²) in [7, 11) is -3.59. The lowest BCUT2D eigenvalue weighted by molar-refractivity contribution is 0.126. The number of piperidine rings is 1. The van der Waals surface area contributed by atoms with Crippen LogP contribution in [0.25, 0.3) is 0 Å². The summed E-state index contributed by atoms with van der Waals surface area (Å²) in [5, 5.41) is 3.52. The molecule has 21 heavy (non-hydrogen) atoms. The van der Waals surface area contributed by atoms with Gasteiger partial charge in [-0.25, -0.2) is 17.5 Å². The number of benzene rings is 1. The third-order valence-electron chi connectivity index (χ3n) is 4.69. The molecule has 1 heterocycles. The Morgan fingerprint density at radius 2 is 2.14 bits per heavy atom. The number of sulfonamides is 1. The molecule has 1 aromatic rings. The highest BCUT2D eigenvalue weighted by Crippen LogP contribution is 2.38. The highest BCUT2D eigenvalue weighted by atomic mass is 32.2. The van der Waals surface area contributed by atoms with Gasteiger partial charge in [0, 0.05) is 11.6 Å². The summed E-state index contributed by atoms with van der Waals surface area (Å²) < 4.78 is 40.9. The van der Waals surface area contributed by atoms with Crippen LogP contribution in [0.1, 0.15) is 37.7 Å². The van der Waals surface area contributed by atoms with E-state index in [9.17, 15) is 12.8 Å². The summed E-state index contributed by atoms with van der Waals surface area (Å²) in [6.45, 7) is 2.46. The lowest BCUT2D eigenvalue weighted by Gasteiger charge is -2.48. The zero-order valence-corrected chi connectivity index (χ0v) is 13.0. The van der Waals surface area contributed by atoms with Crippen molar-refractivity contribution in [3.8, 4) is 0 Å². The average Bonchev–Trinajstić information content (AvgIpc) is 2.36. The minimum atomic E-state index is -3.59. The Hall–Kier alpha value is -0.980. The fraction of sp³-hybridized carbons (Fsp3) is 0.600. The fourth-order valence-corrected chi connectivity index (χ4v) is 4.94. The number of hydrogen-bond acceptors (Lipinski definition) is 3. The van der Waals surface area contributed by atoms with Crippen LogP contribution in [0.3, 0.4) is 0 Å². The minimum Gasteiger partial charge on any atom is -0.311 e. The molecule has 2 N–H and O–H groups in total. The highest BCUT2D eigenvalue weighted by molar-refractivity contribution is 7.89. The zero-order chi connectivity index (χ0) is 15.1. The van der Waals surface area contributed by atoms with Crippen LogP contribution in [0.5, 0.6) is 0 Å². The first-order valence-electron chi connectivity index (χ1n) is 7.44. The molecule has 6 heteroatoms. The lowest BCUT2D eigenvalue weighted by atomic mass is 9.70. The van der Waals surface area contributed by atoms with Crippen LogP contribution in [-0.2, 0) is 10.0 Å². The van der Waals surface area contributed by atoms with E-state index in [0.717, 1.165) is 32.2 Å². The van der Waals surface area contributed by atoms with E-state index in [-0.39, 0.29) is 16.5 Å². The van der Waals surface area contributed by atoms with Crippen molar-refractivity contribution in [1.29, 1.82) is 0 Å². The maximum atomic E-state index is 13.1. The van der Waals surface area contributed by atoms with Crippen molar-refractivity contribution >= 4 is 10.0 Å². The molecular weight excluding hydrogens is 291 g/mol. The van der Waals surface area contributed by atoms with Gasteiger partial charge in [0.2, 0.25) is 10.0 Å². The quantitative estimate of drug-likeness (QED) is 0.898. The number of hydrogen-bond donors (Lipinski definition) is 2. The molecule has 4 nitrogen and oxygen atoms in total. The number of nitrogens with one attached hydrogen (secondary N) is 2. The summed E-state index contributed by atoms with van der Waals surface area (Å²) in [5.74, 6) is -0.415. The predicted octanol–water partition coefficient (Wildman–Crippen LogP) is 2.09. The molecule has 1 aliphatic carbocycles. The van der Waals surface area contributed by atoms with E-state index < -0.39 is 15.8 Å². The van der Waals surface area contributed by atoms with Crippen molar-refractivity contribution in [1.82, 2.24) is 10.0 Å². The molecular formula is C15H21FN2O2S. The predicted molar refractivity (Wildman–Crippen MR) is 79.1 cm³/mol. The SMILES string of the molecule is Cc1cc(F)ccc1S(=O)(=O)NC1CCNC2(CCC2)C1. The summed E-state index contributed by atoms with van der Waals surface area (Å²) >= 11 is 0. The van der Waals surface area contributed by atoms with E-state index in [2.05, 4.69) is 10.0 Å². The first kappa shape index (κ1) is 14.9. The Balaban J connectivity index is 1.76. The monoisotopic (exact) mass is 312 g/mol. The summed E-state index contributed by atoms with van der Waals surface area (Å²) in [6.07, 6.45) is 5.10. The van der Waals surface area contributed by atoms with Gasteiger partial charge < -0.3 is 5.32 Å². The zero-order valence-electron chi connectivity index (χ0n) is 12.2. The molecule has 1 unspecified atom stereocenters. The Kier molecular flexibility index (Phi) is 3.80. The Bertz CT molecular complexity index is 641. The van der Waals surface area contributed by atoms with Crippen LogP contribution in [0.4, 0.5) is 4.39 Å². The van der Waals surface area contributed by atoms with E-state index in [1.807, 2.05) is 0 Å². The maximum absolute atomic E-state index is 13.1. The largest absolute Gasteiger partial charge is 0.311 e. The van der Waals surface area contributed by atoms with Crippen molar-refractivity contribution in [2.24, 2.45) is 0 Å². The number of aryl methyl sites for hydroxylation is 1. The lowest BCUT2D eigenvalue weighted by Crippen LogP contribution is -2.59. The topological polar surface area (TPSA) is 58.2 Å². The standard InChI is InChI=1S/C15H21FN2O2S/c1-11-9-12(16)3-4-14(11)21(19,20)18-13-5-8-17-15(10-13)6-2-7-15/h3-4,9,13,17-18H,2,5-8,10H2,1H3. The second-order valence-electron chi connectivity index (χ2n) is 6.28. The van der Waals surface area contributed by atoms with Crippen LogP contribution < -0.4 is 10.0 Å². The van der Waals surface area contributed by atoms with Gasteiger partial charge in [-0.3, -0.25) is 0 Å². The van der Waals surface area contributed by atoms with Crippen LogP contribution in [0.15, 0.2) is 23.1 Å². The van der Waals surface area contributed by atoms with Crippen molar-refractivity contribution < 1.29 is 12.8 Å². The molecule has 0 aromatic heterocycles. The Labute approximate surface area is 125 Å². The van der Waals surface area contributed by atoms with E-state index in [0.29, 0.717) is 5.56 Å². The van der Waals surface area contributed by atoms with Crippen molar-refractivity contribution in [3.05, 3.63) is 29.6 Å². The highest BCUT2D eigenvalue weighted by Gasteiger charge is 2.41. The molecule has 0 radical (unpaired) electrons. The second kappa shape index (κ2) is 5.34. The first-order chi connectivity index (χ1) is 9.90. The summed E-state index contributed by atoms with van der Waals surface area (Å²) in [5.41, 5.74) is 0.582. The Morgan fingerprint density at radius 1 is 1.38 bits per heavy atom. The Morgan fingerprint density at radius 3 is 2.76 bits per heavy atom.